The van der Waals surface area contributed by atoms with Crippen molar-refractivity contribution in [1.82, 2.24) is 20.4 Å². The molecule has 0 amide bonds. The Kier molecular flexibility index (Phi) is 4.90. The molecule has 0 bridgehead atoms. The van der Waals surface area contributed by atoms with Gasteiger partial charge in [0.2, 0.25) is 0 Å². The molecule has 1 atom stereocenters. The van der Waals surface area contributed by atoms with Crippen LogP contribution in [0.1, 0.15) is 24.2 Å². The van der Waals surface area contributed by atoms with E-state index >= 15 is 0 Å². The smallest absolute Gasteiger partial charge is 0.387 e. The van der Waals surface area contributed by atoms with Crippen molar-refractivity contribution in [2.45, 2.75) is 38.1 Å². The molecule has 21 heavy (non-hydrogen) atoms. The number of aromatic nitrogens is 2. The molecule has 1 fully saturated rings. The van der Waals surface area contributed by atoms with Gasteiger partial charge in [-0.15, -0.1) is 0 Å². The van der Waals surface area contributed by atoms with Crippen LogP contribution in [-0.2, 0) is 12.7 Å². The van der Waals surface area contributed by atoms with Gasteiger partial charge in [0.1, 0.15) is 0 Å². The molecule has 2 rings (SSSR count). The molecule has 0 aliphatic carbocycles. The molecule has 1 aromatic rings. The fourth-order valence-electron chi connectivity index (χ4n) is 2.48. The maximum Gasteiger partial charge on any atom is 0.435 e. The Morgan fingerprint density at radius 1 is 1.52 bits per heavy atom. The van der Waals surface area contributed by atoms with E-state index in [9.17, 15) is 18.3 Å². The van der Waals surface area contributed by atoms with Gasteiger partial charge in [0, 0.05) is 25.3 Å². The summed E-state index contributed by atoms with van der Waals surface area (Å²) in [4.78, 5) is 0. The van der Waals surface area contributed by atoms with Crippen molar-refractivity contribution in [2.24, 2.45) is 0 Å². The van der Waals surface area contributed by atoms with Crippen LogP contribution < -0.4 is 10.6 Å². The highest BCUT2D eigenvalue weighted by molar-refractivity contribution is 5.11. The topological polar surface area (TPSA) is 62.1 Å². The molecule has 0 radical (unpaired) electrons. The normalized spacial score (nSPS) is 23.5. The number of alkyl halides is 3. The van der Waals surface area contributed by atoms with Crippen molar-refractivity contribution in [3.63, 3.8) is 0 Å². The molecule has 8 heteroatoms. The quantitative estimate of drug-likeness (QED) is 0.708. The van der Waals surface area contributed by atoms with E-state index < -0.39 is 17.5 Å². The summed E-state index contributed by atoms with van der Waals surface area (Å²) in [6.07, 6.45) is -2.76. The molecule has 2 heterocycles. The largest absolute Gasteiger partial charge is 0.435 e. The van der Waals surface area contributed by atoms with Gasteiger partial charge in [-0.3, -0.25) is 4.68 Å². The summed E-state index contributed by atoms with van der Waals surface area (Å²) in [6, 6.07) is 1.04. The van der Waals surface area contributed by atoms with Crippen molar-refractivity contribution >= 4 is 0 Å². The van der Waals surface area contributed by atoms with Gasteiger partial charge in [-0.1, -0.05) is 0 Å². The van der Waals surface area contributed by atoms with E-state index in [0.717, 1.165) is 25.5 Å². The van der Waals surface area contributed by atoms with E-state index in [4.69, 9.17) is 0 Å². The van der Waals surface area contributed by atoms with Crippen molar-refractivity contribution in [2.75, 3.05) is 26.2 Å². The molecule has 0 unspecified atom stereocenters. The molecule has 120 valence electrons. The standard InChI is InChI=1S/C13H21F3N4O/c1-10-7-11(13(14,15)16)19-20(10)6-5-18-9-12(21)3-2-4-17-8-12/h7,17-18,21H,2-6,8-9H2,1H3/t12-/m0/s1. The fourth-order valence-corrected chi connectivity index (χ4v) is 2.48. The van der Waals surface area contributed by atoms with Gasteiger partial charge in [0.25, 0.3) is 0 Å². The Bertz CT molecular complexity index is 466. The highest BCUT2D eigenvalue weighted by Crippen LogP contribution is 2.28. The van der Waals surface area contributed by atoms with E-state index in [1.165, 1.54) is 4.68 Å². The van der Waals surface area contributed by atoms with Crippen molar-refractivity contribution in [3.05, 3.63) is 17.5 Å². The molecule has 5 nitrogen and oxygen atoms in total. The maximum absolute atomic E-state index is 12.5. The first-order chi connectivity index (χ1) is 9.80. The van der Waals surface area contributed by atoms with Gasteiger partial charge < -0.3 is 15.7 Å². The monoisotopic (exact) mass is 306 g/mol. The number of hydrogen-bond donors (Lipinski definition) is 3. The van der Waals surface area contributed by atoms with Gasteiger partial charge in [-0.2, -0.15) is 18.3 Å². The Morgan fingerprint density at radius 2 is 2.29 bits per heavy atom. The number of nitrogens with zero attached hydrogens (tertiary/aromatic N) is 2. The molecule has 1 aliphatic heterocycles. The molecule has 0 aromatic carbocycles. The van der Waals surface area contributed by atoms with Gasteiger partial charge >= 0.3 is 6.18 Å². The minimum atomic E-state index is -4.41. The summed E-state index contributed by atoms with van der Waals surface area (Å²) < 4.78 is 38.9. The predicted molar refractivity (Wildman–Crippen MR) is 71.9 cm³/mol. The van der Waals surface area contributed by atoms with Crippen molar-refractivity contribution < 1.29 is 18.3 Å². The number of aliphatic hydroxyl groups is 1. The zero-order chi connectivity index (χ0) is 15.5. The first-order valence-electron chi connectivity index (χ1n) is 7.06. The molecule has 1 aromatic heterocycles. The molecule has 0 saturated carbocycles. The highest BCUT2D eigenvalue weighted by atomic mass is 19.4. The van der Waals surface area contributed by atoms with Crippen LogP contribution in [0.25, 0.3) is 0 Å². The third-order valence-electron chi connectivity index (χ3n) is 3.68. The van der Waals surface area contributed by atoms with E-state index in [1.807, 2.05) is 0 Å². The van der Waals surface area contributed by atoms with Crippen LogP contribution in [0, 0.1) is 6.92 Å². The van der Waals surface area contributed by atoms with Crippen LogP contribution >= 0.6 is 0 Å². The Balaban J connectivity index is 1.80. The average molecular weight is 306 g/mol. The maximum atomic E-state index is 12.5. The van der Waals surface area contributed by atoms with E-state index in [1.54, 1.807) is 6.92 Å². The minimum absolute atomic E-state index is 0.339. The number of halogens is 3. The number of aryl methyl sites for hydroxylation is 1. The van der Waals surface area contributed by atoms with Gasteiger partial charge in [0.15, 0.2) is 5.69 Å². The number of piperidine rings is 1. The second-order valence-electron chi connectivity index (χ2n) is 5.57. The van der Waals surface area contributed by atoms with Crippen LogP contribution in [0.4, 0.5) is 13.2 Å². The first-order valence-corrected chi connectivity index (χ1v) is 7.06. The van der Waals surface area contributed by atoms with Crippen LogP contribution in [0.2, 0.25) is 0 Å². The van der Waals surface area contributed by atoms with Gasteiger partial charge in [-0.05, 0) is 32.4 Å². The number of rotatable bonds is 5. The lowest BCUT2D eigenvalue weighted by Crippen LogP contribution is -2.52. The Morgan fingerprint density at radius 3 is 2.86 bits per heavy atom. The average Bonchev–Trinajstić information content (AvgIpc) is 2.77. The summed E-state index contributed by atoms with van der Waals surface area (Å²) >= 11 is 0. The Labute approximate surface area is 121 Å². The zero-order valence-electron chi connectivity index (χ0n) is 12.0. The molecular weight excluding hydrogens is 285 g/mol. The fraction of sp³-hybridized carbons (Fsp3) is 0.769. The van der Waals surface area contributed by atoms with Crippen molar-refractivity contribution in [3.8, 4) is 0 Å². The van der Waals surface area contributed by atoms with E-state index in [-0.39, 0.29) is 0 Å². The third-order valence-corrected chi connectivity index (χ3v) is 3.68. The number of nitrogens with one attached hydrogen (secondary N) is 2. The zero-order valence-corrected chi connectivity index (χ0v) is 12.0. The van der Waals surface area contributed by atoms with Gasteiger partial charge in [-0.25, -0.2) is 0 Å². The lowest BCUT2D eigenvalue weighted by Gasteiger charge is -2.32. The van der Waals surface area contributed by atoms with Gasteiger partial charge in [0.05, 0.1) is 12.1 Å². The SMILES string of the molecule is Cc1cc(C(F)(F)F)nn1CCNC[C@]1(O)CCCNC1. The van der Waals surface area contributed by atoms with Crippen LogP contribution in [0.5, 0.6) is 0 Å². The highest BCUT2D eigenvalue weighted by Gasteiger charge is 2.34. The van der Waals surface area contributed by atoms with Crippen LogP contribution in [0.15, 0.2) is 6.07 Å². The van der Waals surface area contributed by atoms with Crippen molar-refractivity contribution in [1.29, 1.82) is 0 Å². The molecular formula is C13H21F3N4O. The third kappa shape index (κ3) is 4.42. The Hall–Kier alpha value is -1.12. The number of hydrogen-bond acceptors (Lipinski definition) is 4. The number of β-amino-alcohol motifs (C(OH)–C–C–N with tert-alkyl or cyclic N) is 1. The molecule has 0 spiro atoms. The molecule has 1 saturated heterocycles. The summed E-state index contributed by atoms with van der Waals surface area (Å²) in [6.45, 7) is 4.27. The predicted octanol–water partition coefficient (Wildman–Crippen LogP) is 0.914. The lowest BCUT2D eigenvalue weighted by molar-refractivity contribution is -0.141. The van der Waals surface area contributed by atoms with E-state index in [0.29, 0.717) is 31.9 Å². The molecule has 1 aliphatic rings. The summed E-state index contributed by atoms with van der Waals surface area (Å²) in [5, 5.41) is 20.0. The summed E-state index contributed by atoms with van der Waals surface area (Å²) in [7, 11) is 0. The van der Waals surface area contributed by atoms with Crippen LogP contribution in [0.3, 0.4) is 0 Å². The first kappa shape index (κ1) is 16.3. The second-order valence-corrected chi connectivity index (χ2v) is 5.57. The summed E-state index contributed by atoms with van der Waals surface area (Å²) in [5.74, 6) is 0. The minimum Gasteiger partial charge on any atom is -0.387 e. The lowest BCUT2D eigenvalue weighted by atomic mass is 9.94. The molecule has 3 N–H and O–H groups in total. The van der Waals surface area contributed by atoms with Crippen LogP contribution in [-0.4, -0.2) is 46.7 Å². The summed E-state index contributed by atoms with van der Waals surface area (Å²) in [5.41, 5.74) is -1.16. The van der Waals surface area contributed by atoms with E-state index in [2.05, 4.69) is 15.7 Å². The second kappa shape index (κ2) is 6.33.